The summed E-state index contributed by atoms with van der Waals surface area (Å²) in [6, 6.07) is 5.21. The molecule has 0 saturated heterocycles. The van der Waals surface area contributed by atoms with Crippen LogP contribution in [0.5, 0.6) is 0 Å². The average molecular weight is 380 g/mol. The lowest BCUT2D eigenvalue weighted by Gasteiger charge is -2.14. The minimum Gasteiger partial charge on any atom is -0.439 e. The van der Waals surface area contributed by atoms with Gasteiger partial charge in [-0.25, -0.2) is 4.98 Å². The summed E-state index contributed by atoms with van der Waals surface area (Å²) in [6.07, 6.45) is 1.35. The molecule has 0 fully saturated rings. The van der Waals surface area contributed by atoms with Gasteiger partial charge >= 0.3 is 0 Å². The molecule has 0 aliphatic carbocycles. The summed E-state index contributed by atoms with van der Waals surface area (Å²) in [5.74, 6) is 0.518. The first-order chi connectivity index (χ1) is 11.9. The number of fused-ring (bicyclic) bond motifs is 1. The molecular weight excluding hydrogens is 361 g/mol. The number of hydrogen-bond donors (Lipinski definition) is 2. The summed E-state index contributed by atoms with van der Waals surface area (Å²) in [4.78, 5) is 19.4. The molecule has 5 nitrogen and oxygen atoms in total. The van der Waals surface area contributed by atoms with E-state index in [9.17, 15) is 4.79 Å². The number of anilines is 1. The Morgan fingerprint density at radius 1 is 1.32 bits per heavy atom. The van der Waals surface area contributed by atoms with Crippen LogP contribution >= 0.6 is 23.2 Å². The molecule has 1 atom stereocenters. The van der Waals surface area contributed by atoms with Crippen molar-refractivity contribution in [3.63, 3.8) is 0 Å². The van der Waals surface area contributed by atoms with Crippen LogP contribution in [-0.2, 0) is 12.8 Å². The highest BCUT2D eigenvalue weighted by Gasteiger charge is 2.15. The van der Waals surface area contributed by atoms with Crippen LogP contribution in [0.1, 0.15) is 31.0 Å². The largest absolute Gasteiger partial charge is 0.439 e. The predicted molar refractivity (Wildman–Crippen MR) is 102 cm³/mol. The van der Waals surface area contributed by atoms with Crippen molar-refractivity contribution in [3.8, 4) is 0 Å². The molecule has 3 aromatic rings. The van der Waals surface area contributed by atoms with Gasteiger partial charge in [-0.05, 0) is 44.0 Å². The molecular formula is C18H19Cl2N3O2. The monoisotopic (exact) mass is 379 g/mol. The van der Waals surface area contributed by atoms with E-state index in [1.54, 1.807) is 12.1 Å². The number of oxazole rings is 1. The zero-order valence-electron chi connectivity index (χ0n) is 14.2. The summed E-state index contributed by atoms with van der Waals surface area (Å²) < 4.78 is 5.73. The van der Waals surface area contributed by atoms with Crippen molar-refractivity contribution in [2.45, 2.75) is 39.7 Å². The molecule has 7 heteroatoms. The molecule has 2 N–H and O–H groups in total. The average Bonchev–Trinajstić information content (AvgIpc) is 2.98. The number of hydrogen-bond acceptors (Lipinski definition) is 4. The topological polar surface area (TPSA) is 70.9 Å². The summed E-state index contributed by atoms with van der Waals surface area (Å²) >= 11 is 12.3. The Morgan fingerprint density at radius 2 is 2.04 bits per heavy atom. The number of aromatic amines is 1. The molecule has 0 radical (unpaired) electrons. The Kier molecular flexibility index (Phi) is 5.06. The number of H-pyrrole nitrogens is 1. The van der Waals surface area contributed by atoms with Crippen LogP contribution in [0.2, 0.25) is 10.0 Å². The second-order valence-electron chi connectivity index (χ2n) is 6.08. The second-order valence-corrected chi connectivity index (χ2v) is 6.89. The number of nitrogens with one attached hydrogen (secondary N) is 2. The molecule has 0 spiro atoms. The molecule has 0 aliphatic rings. The van der Waals surface area contributed by atoms with Gasteiger partial charge in [0.1, 0.15) is 11.2 Å². The number of pyridine rings is 1. The summed E-state index contributed by atoms with van der Waals surface area (Å²) in [6.45, 7) is 5.92. The molecule has 1 unspecified atom stereocenters. The first-order valence-corrected chi connectivity index (χ1v) is 8.87. The first-order valence-electron chi connectivity index (χ1n) is 8.11. The van der Waals surface area contributed by atoms with Crippen molar-refractivity contribution in [3.05, 3.63) is 55.7 Å². The summed E-state index contributed by atoms with van der Waals surface area (Å²) in [7, 11) is 0. The van der Waals surface area contributed by atoms with Crippen LogP contribution in [0.3, 0.4) is 0 Å². The standard InChI is InChI=1S/C18H19Cl2N3O2/c1-4-11-8-14(18(24)22-10(11)3)21-9(2)7-15-23-16-12(19)5-6-13(20)17(16)25-15/h5-6,8-9,21H,4,7H2,1-3H3,(H,22,24). The lowest BCUT2D eigenvalue weighted by atomic mass is 10.1. The van der Waals surface area contributed by atoms with Gasteiger partial charge in [-0.1, -0.05) is 30.1 Å². The first kappa shape index (κ1) is 17.8. The van der Waals surface area contributed by atoms with Crippen molar-refractivity contribution >= 4 is 40.0 Å². The zero-order valence-corrected chi connectivity index (χ0v) is 15.8. The van der Waals surface area contributed by atoms with E-state index in [1.807, 2.05) is 19.9 Å². The van der Waals surface area contributed by atoms with Gasteiger partial charge in [0.2, 0.25) is 0 Å². The highest BCUT2D eigenvalue weighted by molar-refractivity contribution is 6.39. The molecule has 25 heavy (non-hydrogen) atoms. The second kappa shape index (κ2) is 7.10. The number of aryl methyl sites for hydroxylation is 2. The fourth-order valence-corrected chi connectivity index (χ4v) is 3.18. The van der Waals surface area contributed by atoms with Gasteiger partial charge in [-0.3, -0.25) is 4.79 Å². The van der Waals surface area contributed by atoms with Gasteiger partial charge < -0.3 is 14.7 Å². The van der Waals surface area contributed by atoms with Crippen molar-refractivity contribution in [1.29, 1.82) is 0 Å². The molecule has 0 bridgehead atoms. The molecule has 132 valence electrons. The highest BCUT2D eigenvalue weighted by atomic mass is 35.5. The van der Waals surface area contributed by atoms with Crippen molar-refractivity contribution in [2.24, 2.45) is 0 Å². The molecule has 2 heterocycles. The lowest BCUT2D eigenvalue weighted by molar-refractivity contribution is 0.514. The lowest BCUT2D eigenvalue weighted by Crippen LogP contribution is -2.24. The normalized spacial score (nSPS) is 12.5. The number of rotatable bonds is 5. The quantitative estimate of drug-likeness (QED) is 0.671. The van der Waals surface area contributed by atoms with Crippen molar-refractivity contribution in [1.82, 2.24) is 9.97 Å². The van der Waals surface area contributed by atoms with Crippen molar-refractivity contribution < 1.29 is 4.42 Å². The Balaban J connectivity index is 1.81. The Labute approximate surface area is 155 Å². The molecule has 0 saturated carbocycles. The highest BCUT2D eigenvalue weighted by Crippen LogP contribution is 2.30. The van der Waals surface area contributed by atoms with E-state index in [-0.39, 0.29) is 11.6 Å². The van der Waals surface area contributed by atoms with Crippen LogP contribution in [0, 0.1) is 6.92 Å². The van der Waals surface area contributed by atoms with Crippen LogP contribution in [0.4, 0.5) is 5.69 Å². The van der Waals surface area contributed by atoms with E-state index in [4.69, 9.17) is 27.6 Å². The minimum atomic E-state index is -0.134. The van der Waals surface area contributed by atoms with Gasteiger partial charge in [-0.15, -0.1) is 0 Å². The number of halogens is 2. The molecule has 2 aromatic heterocycles. The third-order valence-corrected chi connectivity index (χ3v) is 4.70. The van der Waals surface area contributed by atoms with E-state index in [2.05, 4.69) is 22.2 Å². The summed E-state index contributed by atoms with van der Waals surface area (Å²) in [5, 5.41) is 4.20. The number of benzene rings is 1. The van der Waals surface area contributed by atoms with Gasteiger partial charge in [-0.2, -0.15) is 0 Å². The SMILES string of the molecule is CCc1cc(NC(C)Cc2nc3c(Cl)ccc(Cl)c3o2)c(=O)[nH]c1C. The fourth-order valence-electron chi connectivity index (χ4n) is 2.80. The maximum atomic E-state index is 12.1. The van der Waals surface area contributed by atoms with Crippen LogP contribution in [0.15, 0.2) is 27.4 Å². The predicted octanol–water partition coefficient (Wildman–Crippen LogP) is 4.74. The van der Waals surface area contributed by atoms with Crippen LogP contribution in [-0.4, -0.2) is 16.0 Å². The fraction of sp³-hybridized carbons (Fsp3) is 0.333. The smallest absolute Gasteiger partial charge is 0.271 e. The number of aromatic nitrogens is 2. The van der Waals surface area contributed by atoms with E-state index in [1.165, 1.54) is 0 Å². The van der Waals surface area contributed by atoms with Gasteiger partial charge in [0.25, 0.3) is 5.56 Å². The molecule has 0 amide bonds. The minimum absolute atomic E-state index is 0.0564. The van der Waals surface area contributed by atoms with E-state index in [0.717, 1.165) is 17.7 Å². The maximum absolute atomic E-state index is 12.1. The van der Waals surface area contributed by atoms with Crippen LogP contribution < -0.4 is 10.9 Å². The van der Waals surface area contributed by atoms with Gasteiger partial charge in [0.15, 0.2) is 11.5 Å². The Morgan fingerprint density at radius 3 is 2.72 bits per heavy atom. The maximum Gasteiger partial charge on any atom is 0.271 e. The Bertz CT molecular complexity index is 939. The van der Waals surface area contributed by atoms with E-state index < -0.39 is 0 Å². The zero-order chi connectivity index (χ0) is 18.1. The van der Waals surface area contributed by atoms with Gasteiger partial charge in [0, 0.05) is 18.2 Å². The summed E-state index contributed by atoms with van der Waals surface area (Å²) in [5.41, 5.74) is 3.45. The van der Waals surface area contributed by atoms with Gasteiger partial charge in [0.05, 0.1) is 10.0 Å². The van der Waals surface area contributed by atoms with Crippen LogP contribution in [0.25, 0.3) is 11.1 Å². The van der Waals surface area contributed by atoms with Crippen molar-refractivity contribution in [2.75, 3.05) is 5.32 Å². The molecule has 3 rings (SSSR count). The van der Waals surface area contributed by atoms with E-state index >= 15 is 0 Å². The third kappa shape index (κ3) is 3.67. The Hall–Kier alpha value is -1.98. The number of nitrogens with zero attached hydrogens (tertiary/aromatic N) is 1. The third-order valence-electron chi connectivity index (χ3n) is 4.10. The molecule has 0 aliphatic heterocycles. The molecule has 1 aromatic carbocycles. The van der Waals surface area contributed by atoms with E-state index in [0.29, 0.717) is 39.1 Å².